The Hall–Kier alpha value is -1.51. The van der Waals surface area contributed by atoms with Gasteiger partial charge in [-0.25, -0.2) is 0 Å². The third-order valence-electron chi connectivity index (χ3n) is 3.22. The number of phenols is 1. The maximum Gasteiger partial charge on any atom is 0.303 e. The van der Waals surface area contributed by atoms with Crippen LogP contribution >= 0.6 is 0 Å². The summed E-state index contributed by atoms with van der Waals surface area (Å²) in [5, 5.41) is 18.2. The second-order valence-electron chi connectivity index (χ2n) is 4.51. The first kappa shape index (κ1) is 11.0. The number of hydrogen-bond donors (Lipinski definition) is 2. The third kappa shape index (κ3) is 2.54. The summed E-state index contributed by atoms with van der Waals surface area (Å²) in [7, 11) is 0. The van der Waals surface area contributed by atoms with E-state index in [1.54, 1.807) is 12.1 Å². The Labute approximate surface area is 94.7 Å². The van der Waals surface area contributed by atoms with Crippen LogP contribution in [0.15, 0.2) is 18.2 Å². The molecule has 0 saturated carbocycles. The van der Waals surface area contributed by atoms with Gasteiger partial charge in [0.15, 0.2) is 0 Å². The Morgan fingerprint density at radius 2 is 2.19 bits per heavy atom. The molecule has 0 amide bonds. The zero-order valence-corrected chi connectivity index (χ0v) is 9.15. The number of carbonyl (C=O) groups is 1. The zero-order valence-electron chi connectivity index (χ0n) is 9.15. The molecule has 0 fully saturated rings. The summed E-state index contributed by atoms with van der Waals surface area (Å²) in [4.78, 5) is 10.7. The summed E-state index contributed by atoms with van der Waals surface area (Å²) in [6.07, 6.45) is 3.99. The lowest BCUT2D eigenvalue weighted by atomic mass is 9.94. The van der Waals surface area contributed by atoms with Crippen LogP contribution in [0.5, 0.6) is 5.75 Å². The lowest BCUT2D eigenvalue weighted by molar-refractivity contribution is -0.138. The van der Waals surface area contributed by atoms with E-state index in [4.69, 9.17) is 5.11 Å². The van der Waals surface area contributed by atoms with Crippen molar-refractivity contribution >= 4 is 5.97 Å². The van der Waals surface area contributed by atoms with Gasteiger partial charge in [-0.05, 0) is 54.9 Å². The summed E-state index contributed by atoms with van der Waals surface area (Å²) in [5.41, 5.74) is 2.37. The maximum absolute atomic E-state index is 10.7. The molecular formula is C13H16O3. The van der Waals surface area contributed by atoms with Crippen LogP contribution in [0.4, 0.5) is 0 Å². The standard InChI is InChI=1S/C13H16O3/c14-12-5-4-10-3-1-2-9(7-13(15)16)6-11(10)8-12/h4-5,8-9,14H,1-3,6-7H2,(H,15,16). The molecule has 0 spiro atoms. The highest BCUT2D eigenvalue weighted by atomic mass is 16.4. The lowest BCUT2D eigenvalue weighted by Crippen LogP contribution is -2.09. The lowest BCUT2D eigenvalue weighted by Gasteiger charge is -2.12. The molecule has 0 aliphatic heterocycles. The van der Waals surface area contributed by atoms with Crippen molar-refractivity contribution in [3.63, 3.8) is 0 Å². The van der Waals surface area contributed by atoms with E-state index in [9.17, 15) is 9.90 Å². The van der Waals surface area contributed by atoms with Crippen LogP contribution in [0.2, 0.25) is 0 Å². The monoisotopic (exact) mass is 220 g/mol. The number of carboxylic acid groups (broad SMARTS) is 1. The minimum Gasteiger partial charge on any atom is -0.508 e. The molecule has 0 heterocycles. The van der Waals surface area contributed by atoms with Gasteiger partial charge in [0, 0.05) is 6.42 Å². The topological polar surface area (TPSA) is 57.5 Å². The van der Waals surface area contributed by atoms with E-state index in [0.29, 0.717) is 0 Å². The first-order chi connectivity index (χ1) is 7.65. The van der Waals surface area contributed by atoms with E-state index < -0.39 is 5.97 Å². The van der Waals surface area contributed by atoms with Crippen LogP contribution < -0.4 is 0 Å². The van der Waals surface area contributed by atoms with Crippen molar-refractivity contribution in [1.82, 2.24) is 0 Å². The predicted molar refractivity (Wildman–Crippen MR) is 60.5 cm³/mol. The van der Waals surface area contributed by atoms with Gasteiger partial charge in [0.1, 0.15) is 5.75 Å². The number of phenolic OH excluding ortho intramolecular Hbond substituents is 1. The molecular weight excluding hydrogens is 204 g/mol. The van der Waals surface area contributed by atoms with Gasteiger partial charge in [0.25, 0.3) is 0 Å². The molecule has 0 radical (unpaired) electrons. The molecule has 1 aliphatic carbocycles. The van der Waals surface area contributed by atoms with Crippen LogP contribution in [-0.2, 0) is 17.6 Å². The number of aromatic hydroxyl groups is 1. The normalized spacial score (nSPS) is 19.9. The van der Waals surface area contributed by atoms with Crippen LogP contribution in [0, 0.1) is 5.92 Å². The highest BCUT2D eigenvalue weighted by Crippen LogP contribution is 2.28. The molecule has 1 aliphatic rings. The fourth-order valence-electron chi connectivity index (χ4n) is 2.46. The van der Waals surface area contributed by atoms with E-state index in [-0.39, 0.29) is 18.1 Å². The average molecular weight is 220 g/mol. The van der Waals surface area contributed by atoms with Crippen molar-refractivity contribution in [1.29, 1.82) is 0 Å². The Kier molecular flexibility index (Phi) is 3.13. The van der Waals surface area contributed by atoms with Gasteiger partial charge < -0.3 is 10.2 Å². The van der Waals surface area contributed by atoms with E-state index >= 15 is 0 Å². The molecule has 0 saturated heterocycles. The van der Waals surface area contributed by atoms with E-state index in [1.807, 2.05) is 6.07 Å². The number of benzene rings is 1. The maximum atomic E-state index is 10.7. The van der Waals surface area contributed by atoms with Gasteiger partial charge in [0.2, 0.25) is 0 Å². The molecule has 0 bridgehead atoms. The molecule has 1 atom stereocenters. The SMILES string of the molecule is O=C(O)CC1CCCc2ccc(O)cc2C1. The number of carboxylic acids is 1. The molecule has 3 nitrogen and oxygen atoms in total. The number of aryl methyl sites for hydroxylation is 1. The third-order valence-corrected chi connectivity index (χ3v) is 3.22. The highest BCUT2D eigenvalue weighted by molar-refractivity contribution is 5.67. The van der Waals surface area contributed by atoms with Crippen molar-refractivity contribution in [3.8, 4) is 5.75 Å². The fraction of sp³-hybridized carbons (Fsp3) is 0.462. The fourth-order valence-corrected chi connectivity index (χ4v) is 2.46. The molecule has 2 rings (SSSR count). The Morgan fingerprint density at radius 1 is 1.38 bits per heavy atom. The Morgan fingerprint density at radius 3 is 2.94 bits per heavy atom. The Balaban J connectivity index is 2.19. The summed E-state index contributed by atoms with van der Waals surface area (Å²) >= 11 is 0. The number of rotatable bonds is 2. The second-order valence-corrected chi connectivity index (χ2v) is 4.51. The van der Waals surface area contributed by atoms with Gasteiger partial charge in [-0.1, -0.05) is 6.07 Å². The van der Waals surface area contributed by atoms with E-state index in [0.717, 1.165) is 31.2 Å². The van der Waals surface area contributed by atoms with E-state index in [2.05, 4.69) is 0 Å². The smallest absolute Gasteiger partial charge is 0.303 e. The summed E-state index contributed by atoms with van der Waals surface area (Å²) in [5.74, 6) is -0.246. The summed E-state index contributed by atoms with van der Waals surface area (Å²) in [6.45, 7) is 0. The second kappa shape index (κ2) is 4.56. The van der Waals surface area contributed by atoms with Gasteiger partial charge in [-0.2, -0.15) is 0 Å². The molecule has 2 N–H and O–H groups in total. The molecule has 1 aromatic carbocycles. The number of fused-ring (bicyclic) bond motifs is 1. The first-order valence-corrected chi connectivity index (χ1v) is 5.67. The Bertz CT molecular complexity index is 398. The molecule has 3 heteroatoms. The van der Waals surface area contributed by atoms with Gasteiger partial charge in [-0.15, -0.1) is 0 Å². The molecule has 0 aromatic heterocycles. The summed E-state index contributed by atoms with van der Waals surface area (Å²) < 4.78 is 0. The van der Waals surface area contributed by atoms with Gasteiger partial charge in [0.05, 0.1) is 0 Å². The van der Waals surface area contributed by atoms with Gasteiger partial charge in [-0.3, -0.25) is 4.79 Å². The van der Waals surface area contributed by atoms with Crippen molar-refractivity contribution in [3.05, 3.63) is 29.3 Å². The van der Waals surface area contributed by atoms with Crippen LogP contribution in [-0.4, -0.2) is 16.2 Å². The zero-order chi connectivity index (χ0) is 11.5. The average Bonchev–Trinajstić information content (AvgIpc) is 2.37. The minimum atomic E-state index is -0.728. The quantitative estimate of drug-likeness (QED) is 0.752. The van der Waals surface area contributed by atoms with Crippen LogP contribution in [0.3, 0.4) is 0 Å². The molecule has 1 unspecified atom stereocenters. The molecule has 16 heavy (non-hydrogen) atoms. The van der Waals surface area contributed by atoms with Crippen molar-refractivity contribution < 1.29 is 15.0 Å². The predicted octanol–water partition coefficient (Wildman–Crippen LogP) is 2.36. The van der Waals surface area contributed by atoms with Crippen molar-refractivity contribution in [2.45, 2.75) is 32.1 Å². The number of aliphatic carboxylic acids is 1. The molecule has 1 aromatic rings. The largest absolute Gasteiger partial charge is 0.508 e. The van der Waals surface area contributed by atoms with E-state index in [1.165, 1.54) is 5.56 Å². The van der Waals surface area contributed by atoms with Crippen molar-refractivity contribution in [2.75, 3.05) is 0 Å². The van der Waals surface area contributed by atoms with Crippen molar-refractivity contribution in [2.24, 2.45) is 5.92 Å². The van der Waals surface area contributed by atoms with Crippen LogP contribution in [0.1, 0.15) is 30.4 Å². The first-order valence-electron chi connectivity index (χ1n) is 5.67. The molecule has 86 valence electrons. The highest BCUT2D eigenvalue weighted by Gasteiger charge is 2.19. The summed E-state index contributed by atoms with van der Waals surface area (Å²) in [6, 6.07) is 5.43. The van der Waals surface area contributed by atoms with Crippen LogP contribution in [0.25, 0.3) is 0 Å². The minimum absolute atomic E-state index is 0.209. The van der Waals surface area contributed by atoms with Gasteiger partial charge >= 0.3 is 5.97 Å². The number of hydrogen-bond acceptors (Lipinski definition) is 2.